The minimum absolute atomic E-state index is 0.174. The largest absolute Gasteiger partial charge is 0.349 e. The first-order valence-corrected chi connectivity index (χ1v) is 5.77. The number of hydrogen-bond acceptors (Lipinski definition) is 2. The van der Waals surface area contributed by atoms with E-state index in [4.69, 9.17) is 0 Å². The number of allylic oxidation sites excluding steroid dienone is 2. The van der Waals surface area contributed by atoms with Gasteiger partial charge in [0.15, 0.2) is 0 Å². The van der Waals surface area contributed by atoms with Crippen LogP contribution >= 0.6 is 0 Å². The number of carbonyl (C=O) groups is 1. The molecule has 3 atom stereocenters. The predicted molar refractivity (Wildman–Crippen MR) is 59.3 cm³/mol. The van der Waals surface area contributed by atoms with Crippen molar-refractivity contribution in [2.75, 3.05) is 0 Å². The molecule has 1 aromatic heterocycles. The molecule has 4 nitrogen and oxygen atoms in total. The number of imidazole rings is 1. The normalized spacial score (nSPS) is 30.9. The second kappa shape index (κ2) is 3.77. The molecule has 2 N–H and O–H groups in total. The average molecular weight is 217 g/mol. The van der Waals surface area contributed by atoms with Crippen molar-refractivity contribution < 1.29 is 4.79 Å². The number of amides is 1. The SMILES string of the molecule is O=C(NCc1ncc[nH]1)C1CC2C=CC1C2. The average Bonchev–Trinajstić information content (AvgIpc) is 3.01. The molecule has 2 aliphatic rings. The van der Waals surface area contributed by atoms with Crippen LogP contribution in [-0.4, -0.2) is 15.9 Å². The first-order chi connectivity index (χ1) is 7.83. The summed E-state index contributed by atoms with van der Waals surface area (Å²) in [4.78, 5) is 19.0. The lowest BCUT2D eigenvalue weighted by molar-refractivity contribution is -0.125. The van der Waals surface area contributed by atoms with E-state index in [9.17, 15) is 4.79 Å². The maximum Gasteiger partial charge on any atom is 0.224 e. The molecule has 2 bridgehead atoms. The first kappa shape index (κ1) is 9.63. The van der Waals surface area contributed by atoms with Crippen molar-refractivity contribution in [2.24, 2.45) is 17.8 Å². The molecular weight excluding hydrogens is 202 g/mol. The van der Waals surface area contributed by atoms with Crippen molar-refractivity contribution in [2.45, 2.75) is 19.4 Å². The molecule has 0 radical (unpaired) electrons. The fourth-order valence-electron chi connectivity index (χ4n) is 2.78. The van der Waals surface area contributed by atoms with Gasteiger partial charge in [-0.25, -0.2) is 4.98 Å². The third kappa shape index (κ3) is 1.64. The zero-order valence-electron chi connectivity index (χ0n) is 9.02. The second-order valence-electron chi connectivity index (χ2n) is 4.64. The van der Waals surface area contributed by atoms with Crippen LogP contribution < -0.4 is 5.32 Å². The summed E-state index contributed by atoms with van der Waals surface area (Å²) in [6, 6.07) is 0. The summed E-state index contributed by atoms with van der Waals surface area (Å²) in [5, 5.41) is 2.95. The van der Waals surface area contributed by atoms with Gasteiger partial charge in [-0.2, -0.15) is 0 Å². The fourth-order valence-corrected chi connectivity index (χ4v) is 2.78. The van der Waals surface area contributed by atoms with Gasteiger partial charge in [-0.1, -0.05) is 12.2 Å². The number of fused-ring (bicyclic) bond motifs is 2. The van der Waals surface area contributed by atoms with E-state index in [1.54, 1.807) is 12.4 Å². The summed E-state index contributed by atoms with van der Waals surface area (Å²) in [5.74, 6) is 2.29. The zero-order chi connectivity index (χ0) is 11.0. The second-order valence-corrected chi connectivity index (χ2v) is 4.64. The van der Waals surface area contributed by atoms with Gasteiger partial charge in [-0.05, 0) is 24.7 Å². The monoisotopic (exact) mass is 217 g/mol. The van der Waals surface area contributed by atoms with Crippen LogP contribution in [0.4, 0.5) is 0 Å². The van der Waals surface area contributed by atoms with Crippen LogP contribution in [0.25, 0.3) is 0 Å². The molecule has 1 amide bonds. The van der Waals surface area contributed by atoms with E-state index in [1.807, 2.05) is 0 Å². The summed E-state index contributed by atoms with van der Waals surface area (Å²) in [5.41, 5.74) is 0. The Morgan fingerprint density at radius 1 is 1.50 bits per heavy atom. The van der Waals surface area contributed by atoms with E-state index in [0.717, 1.165) is 12.2 Å². The summed E-state index contributed by atoms with van der Waals surface area (Å²) in [7, 11) is 0. The Bertz CT molecular complexity index is 410. The molecular formula is C12H15N3O. The highest BCUT2D eigenvalue weighted by molar-refractivity contribution is 5.79. The van der Waals surface area contributed by atoms with Crippen molar-refractivity contribution in [3.8, 4) is 0 Å². The van der Waals surface area contributed by atoms with Gasteiger partial charge in [0.25, 0.3) is 0 Å². The number of aromatic nitrogens is 2. The number of nitrogens with zero attached hydrogens (tertiary/aromatic N) is 1. The molecule has 1 fully saturated rings. The third-order valence-corrected chi connectivity index (χ3v) is 3.60. The van der Waals surface area contributed by atoms with Crippen LogP contribution in [0.1, 0.15) is 18.7 Å². The Balaban J connectivity index is 1.56. The Hall–Kier alpha value is -1.58. The van der Waals surface area contributed by atoms with Gasteiger partial charge < -0.3 is 10.3 Å². The summed E-state index contributed by atoms with van der Waals surface area (Å²) in [6.45, 7) is 0.503. The van der Waals surface area contributed by atoms with Crippen LogP contribution in [0.3, 0.4) is 0 Å². The lowest BCUT2D eigenvalue weighted by Gasteiger charge is -2.16. The third-order valence-electron chi connectivity index (χ3n) is 3.60. The number of aromatic amines is 1. The molecule has 2 aliphatic carbocycles. The minimum atomic E-state index is 0.174. The number of hydrogen-bond donors (Lipinski definition) is 2. The Labute approximate surface area is 94.2 Å². The van der Waals surface area contributed by atoms with E-state index in [1.165, 1.54) is 6.42 Å². The molecule has 0 spiro atoms. The van der Waals surface area contributed by atoms with Gasteiger partial charge in [0.2, 0.25) is 5.91 Å². The van der Waals surface area contributed by atoms with Crippen LogP contribution in [0.15, 0.2) is 24.5 Å². The molecule has 0 aliphatic heterocycles. The highest BCUT2D eigenvalue weighted by Crippen LogP contribution is 2.43. The topological polar surface area (TPSA) is 57.8 Å². The maximum atomic E-state index is 11.9. The molecule has 3 rings (SSSR count). The Morgan fingerprint density at radius 2 is 2.44 bits per heavy atom. The van der Waals surface area contributed by atoms with Gasteiger partial charge in [-0.15, -0.1) is 0 Å². The molecule has 1 aromatic rings. The van der Waals surface area contributed by atoms with Crippen LogP contribution in [0.5, 0.6) is 0 Å². The Morgan fingerprint density at radius 3 is 3.06 bits per heavy atom. The van der Waals surface area contributed by atoms with Crippen LogP contribution in [-0.2, 0) is 11.3 Å². The smallest absolute Gasteiger partial charge is 0.224 e. The zero-order valence-corrected chi connectivity index (χ0v) is 9.02. The molecule has 3 unspecified atom stereocenters. The summed E-state index contributed by atoms with van der Waals surface area (Å²) >= 11 is 0. The van der Waals surface area contributed by atoms with E-state index in [0.29, 0.717) is 18.4 Å². The molecule has 16 heavy (non-hydrogen) atoms. The fraction of sp³-hybridized carbons (Fsp3) is 0.500. The maximum absolute atomic E-state index is 11.9. The standard InChI is InChI=1S/C12H15N3O/c16-12(15-7-11-13-3-4-14-11)10-6-8-1-2-9(10)5-8/h1-4,8-10H,5-7H2,(H,13,14)(H,15,16). The molecule has 84 valence electrons. The number of rotatable bonds is 3. The molecule has 1 heterocycles. The first-order valence-electron chi connectivity index (χ1n) is 5.77. The van der Waals surface area contributed by atoms with Gasteiger partial charge in [0.05, 0.1) is 6.54 Å². The summed E-state index contributed by atoms with van der Waals surface area (Å²) < 4.78 is 0. The van der Waals surface area contributed by atoms with Gasteiger partial charge in [0.1, 0.15) is 5.82 Å². The Kier molecular flexibility index (Phi) is 2.27. The quantitative estimate of drug-likeness (QED) is 0.748. The van der Waals surface area contributed by atoms with Crippen molar-refractivity contribution in [3.05, 3.63) is 30.4 Å². The molecule has 0 saturated heterocycles. The van der Waals surface area contributed by atoms with Crippen molar-refractivity contribution in [3.63, 3.8) is 0 Å². The van der Waals surface area contributed by atoms with Crippen molar-refractivity contribution in [1.29, 1.82) is 0 Å². The molecule has 4 heteroatoms. The van der Waals surface area contributed by atoms with Gasteiger partial charge >= 0.3 is 0 Å². The van der Waals surface area contributed by atoms with Crippen molar-refractivity contribution >= 4 is 5.91 Å². The van der Waals surface area contributed by atoms with Crippen molar-refractivity contribution in [1.82, 2.24) is 15.3 Å². The predicted octanol–water partition coefficient (Wildman–Crippen LogP) is 1.24. The molecule has 1 saturated carbocycles. The van der Waals surface area contributed by atoms with E-state index >= 15 is 0 Å². The van der Waals surface area contributed by atoms with Crippen LogP contribution in [0.2, 0.25) is 0 Å². The lowest BCUT2D eigenvalue weighted by atomic mass is 9.93. The van der Waals surface area contributed by atoms with E-state index in [2.05, 4.69) is 27.4 Å². The minimum Gasteiger partial charge on any atom is -0.349 e. The van der Waals surface area contributed by atoms with E-state index in [-0.39, 0.29) is 11.8 Å². The highest BCUT2D eigenvalue weighted by atomic mass is 16.1. The number of nitrogens with one attached hydrogen (secondary N) is 2. The molecule has 0 aromatic carbocycles. The van der Waals surface area contributed by atoms with Gasteiger partial charge in [-0.3, -0.25) is 4.79 Å². The summed E-state index contributed by atoms with van der Waals surface area (Å²) in [6.07, 6.45) is 10.1. The highest BCUT2D eigenvalue weighted by Gasteiger charge is 2.39. The number of H-pyrrole nitrogens is 1. The van der Waals surface area contributed by atoms with Gasteiger partial charge in [0, 0.05) is 18.3 Å². The lowest BCUT2D eigenvalue weighted by Crippen LogP contribution is -2.32. The van der Waals surface area contributed by atoms with Crippen LogP contribution in [0, 0.1) is 17.8 Å². The van der Waals surface area contributed by atoms with E-state index < -0.39 is 0 Å². The number of carbonyl (C=O) groups excluding carboxylic acids is 1.